The Morgan fingerprint density at radius 3 is 2.79 bits per heavy atom. The first-order chi connectivity index (χ1) is 9.15. The summed E-state index contributed by atoms with van der Waals surface area (Å²) in [6.07, 6.45) is 0.450. The molecule has 5 nitrogen and oxygen atoms in total. The van der Waals surface area contributed by atoms with Crippen LogP contribution in [0.1, 0.15) is 5.56 Å². The smallest absolute Gasteiger partial charge is 0.138 e. The van der Waals surface area contributed by atoms with Gasteiger partial charge in [0.05, 0.1) is 12.3 Å². The van der Waals surface area contributed by atoms with Gasteiger partial charge in [-0.25, -0.2) is 8.61 Å². The van der Waals surface area contributed by atoms with Gasteiger partial charge in [-0.1, -0.05) is 30.3 Å². The lowest BCUT2D eigenvalue weighted by Crippen LogP contribution is -2.52. The molecule has 1 fully saturated rings. The molecule has 2 atom stereocenters. The standard InChI is InChI=1S/C13H18N4OS/c1-15-9-11-13(16(2)19-15)17(18)12(14-11)8-10-6-4-3-5-7-10/h3-7,12-13,18H,8-9H2,1-2H3. The van der Waals surface area contributed by atoms with E-state index in [0.717, 1.165) is 18.7 Å². The second kappa shape index (κ2) is 5.22. The van der Waals surface area contributed by atoms with Crippen LogP contribution in [0.4, 0.5) is 0 Å². The molecule has 0 saturated carbocycles. The van der Waals surface area contributed by atoms with Gasteiger partial charge in [0.25, 0.3) is 0 Å². The molecule has 3 rings (SSSR count). The predicted octanol–water partition coefficient (Wildman–Crippen LogP) is 1.47. The van der Waals surface area contributed by atoms with Crippen LogP contribution in [0.15, 0.2) is 35.3 Å². The van der Waals surface area contributed by atoms with Crippen LogP contribution in [0.3, 0.4) is 0 Å². The molecule has 0 radical (unpaired) electrons. The highest BCUT2D eigenvalue weighted by Crippen LogP contribution is 2.30. The fourth-order valence-electron chi connectivity index (χ4n) is 2.62. The zero-order valence-corrected chi connectivity index (χ0v) is 11.9. The third-order valence-electron chi connectivity index (χ3n) is 3.43. The van der Waals surface area contributed by atoms with Crippen molar-refractivity contribution in [1.82, 2.24) is 13.7 Å². The van der Waals surface area contributed by atoms with Crippen molar-refractivity contribution in [2.75, 3.05) is 20.6 Å². The highest BCUT2D eigenvalue weighted by atomic mass is 32.2. The summed E-state index contributed by atoms with van der Waals surface area (Å²) in [6, 6.07) is 10.2. The van der Waals surface area contributed by atoms with Crippen LogP contribution >= 0.6 is 12.1 Å². The fourth-order valence-corrected chi connectivity index (χ4v) is 3.55. The summed E-state index contributed by atoms with van der Waals surface area (Å²) < 4.78 is 4.15. The molecule has 0 spiro atoms. The average Bonchev–Trinajstić information content (AvgIpc) is 2.67. The van der Waals surface area contributed by atoms with Gasteiger partial charge in [0.15, 0.2) is 0 Å². The zero-order valence-electron chi connectivity index (χ0n) is 11.1. The minimum atomic E-state index is -0.183. The quantitative estimate of drug-likeness (QED) is 0.830. The Hall–Kier alpha value is -0.920. The number of fused-ring (bicyclic) bond motifs is 1. The third kappa shape index (κ3) is 2.54. The Morgan fingerprint density at radius 2 is 2.05 bits per heavy atom. The van der Waals surface area contributed by atoms with Crippen LogP contribution in [0.2, 0.25) is 0 Å². The second-order valence-electron chi connectivity index (χ2n) is 4.96. The normalized spacial score (nSPS) is 29.3. The summed E-state index contributed by atoms with van der Waals surface area (Å²) in [5.41, 5.74) is 2.23. The van der Waals surface area contributed by atoms with E-state index in [1.807, 2.05) is 36.6 Å². The maximum atomic E-state index is 10.3. The first-order valence-electron chi connectivity index (χ1n) is 6.35. The molecule has 1 aromatic rings. The molecule has 19 heavy (non-hydrogen) atoms. The van der Waals surface area contributed by atoms with Crippen molar-refractivity contribution >= 4 is 17.8 Å². The Balaban J connectivity index is 1.78. The molecule has 0 aliphatic carbocycles. The van der Waals surface area contributed by atoms with Crippen molar-refractivity contribution < 1.29 is 5.21 Å². The molecule has 102 valence electrons. The van der Waals surface area contributed by atoms with Crippen LogP contribution in [-0.4, -0.2) is 57.6 Å². The number of nitrogens with zero attached hydrogens (tertiary/aromatic N) is 4. The molecule has 2 unspecified atom stereocenters. The summed E-state index contributed by atoms with van der Waals surface area (Å²) in [6.45, 7) is 0.794. The number of hydroxylamine groups is 2. The van der Waals surface area contributed by atoms with Gasteiger partial charge >= 0.3 is 0 Å². The molecule has 1 N–H and O–H groups in total. The molecular formula is C13H18N4OS. The average molecular weight is 278 g/mol. The van der Waals surface area contributed by atoms with Crippen molar-refractivity contribution in [3.63, 3.8) is 0 Å². The van der Waals surface area contributed by atoms with E-state index in [2.05, 4.69) is 21.4 Å². The SMILES string of the molecule is CN1CC2=NC(Cc3ccccc3)N(O)C2N(C)S1. The summed E-state index contributed by atoms with van der Waals surface area (Å²) >= 11 is 1.61. The van der Waals surface area contributed by atoms with Crippen molar-refractivity contribution in [3.8, 4) is 0 Å². The maximum Gasteiger partial charge on any atom is 0.138 e. The Labute approximate surface area is 117 Å². The van der Waals surface area contributed by atoms with E-state index in [0.29, 0.717) is 0 Å². The van der Waals surface area contributed by atoms with E-state index in [9.17, 15) is 5.21 Å². The molecule has 6 heteroatoms. The molecule has 1 aromatic carbocycles. The first-order valence-corrected chi connectivity index (χ1v) is 7.08. The molecule has 0 amide bonds. The van der Waals surface area contributed by atoms with Crippen molar-refractivity contribution in [2.45, 2.75) is 18.8 Å². The fraction of sp³-hybridized carbons (Fsp3) is 0.462. The lowest BCUT2D eigenvalue weighted by atomic mass is 10.1. The summed E-state index contributed by atoms with van der Waals surface area (Å²) in [5, 5.41) is 11.7. The van der Waals surface area contributed by atoms with Crippen LogP contribution in [0.5, 0.6) is 0 Å². The van der Waals surface area contributed by atoms with E-state index >= 15 is 0 Å². The Morgan fingerprint density at radius 1 is 1.32 bits per heavy atom. The van der Waals surface area contributed by atoms with Gasteiger partial charge in [0.1, 0.15) is 12.3 Å². The summed E-state index contributed by atoms with van der Waals surface area (Å²) in [7, 11) is 4.01. The summed E-state index contributed by atoms with van der Waals surface area (Å²) in [5.74, 6) is 0. The molecule has 2 aliphatic heterocycles. The van der Waals surface area contributed by atoms with Crippen molar-refractivity contribution in [1.29, 1.82) is 0 Å². The van der Waals surface area contributed by atoms with Gasteiger partial charge in [0.2, 0.25) is 0 Å². The Bertz CT molecular complexity index is 481. The van der Waals surface area contributed by atoms with Crippen LogP contribution in [-0.2, 0) is 6.42 Å². The van der Waals surface area contributed by atoms with Gasteiger partial charge < -0.3 is 5.21 Å². The van der Waals surface area contributed by atoms with E-state index in [4.69, 9.17) is 0 Å². The lowest BCUT2D eigenvalue weighted by Gasteiger charge is -2.37. The van der Waals surface area contributed by atoms with E-state index in [1.54, 1.807) is 12.1 Å². The largest absolute Gasteiger partial charge is 0.310 e. The van der Waals surface area contributed by atoms with E-state index < -0.39 is 0 Å². The van der Waals surface area contributed by atoms with Gasteiger partial charge in [-0.05, 0) is 12.6 Å². The van der Waals surface area contributed by atoms with Crippen LogP contribution in [0, 0.1) is 0 Å². The van der Waals surface area contributed by atoms with Gasteiger partial charge in [-0.3, -0.25) is 4.99 Å². The first kappa shape index (κ1) is 13.1. The van der Waals surface area contributed by atoms with E-state index in [1.165, 1.54) is 10.6 Å². The van der Waals surface area contributed by atoms with Crippen LogP contribution < -0.4 is 0 Å². The zero-order chi connectivity index (χ0) is 13.4. The third-order valence-corrected chi connectivity index (χ3v) is 4.29. The monoisotopic (exact) mass is 278 g/mol. The highest BCUT2D eigenvalue weighted by Gasteiger charge is 2.41. The second-order valence-corrected chi connectivity index (χ2v) is 6.32. The van der Waals surface area contributed by atoms with Gasteiger partial charge in [0, 0.05) is 25.6 Å². The molecule has 1 saturated heterocycles. The van der Waals surface area contributed by atoms with Crippen LogP contribution in [0.25, 0.3) is 0 Å². The molecule has 2 heterocycles. The minimum absolute atomic E-state index is 0.102. The number of hydrogen-bond acceptors (Lipinski definition) is 6. The number of hydrogen-bond donors (Lipinski definition) is 1. The molecule has 2 aliphatic rings. The summed E-state index contributed by atoms with van der Waals surface area (Å²) in [4.78, 5) is 4.68. The van der Waals surface area contributed by atoms with Gasteiger partial charge in [-0.15, -0.1) is 5.06 Å². The number of rotatable bonds is 2. The minimum Gasteiger partial charge on any atom is -0.310 e. The molecule has 0 bridgehead atoms. The number of benzene rings is 1. The highest BCUT2D eigenvalue weighted by molar-refractivity contribution is 7.94. The predicted molar refractivity (Wildman–Crippen MR) is 76.8 cm³/mol. The van der Waals surface area contributed by atoms with Crippen molar-refractivity contribution in [2.24, 2.45) is 4.99 Å². The molecular weight excluding hydrogens is 260 g/mol. The number of aliphatic imine (C=N–C) groups is 1. The molecule has 0 aromatic heterocycles. The topological polar surface area (TPSA) is 42.3 Å². The van der Waals surface area contributed by atoms with Crippen molar-refractivity contribution in [3.05, 3.63) is 35.9 Å². The lowest BCUT2D eigenvalue weighted by molar-refractivity contribution is -0.150. The maximum absolute atomic E-state index is 10.3. The van der Waals surface area contributed by atoms with E-state index in [-0.39, 0.29) is 12.3 Å². The van der Waals surface area contributed by atoms with Gasteiger partial charge in [-0.2, -0.15) is 0 Å². The Kier molecular flexibility index (Phi) is 3.60.